The van der Waals surface area contributed by atoms with E-state index >= 15 is 0 Å². The second kappa shape index (κ2) is 10.3. The average Bonchev–Trinajstić information content (AvgIpc) is 2.75. The minimum Gasteiger partial charge on any atom is -0.496 e. The predicted octanol–water partition coefficient (Wildman–Crippen LogP) is 2.98. The van der Waals surface area contributed by atoms with Crippen molar-refractivity contribution in [2.45, 2.75) is 26.7 Å². The smallest absolute Gasteiger partial charge is 0.325 e. The maximum atomic E-state index is 12.5. The molecule has 0 aromatic heterocycles. The summed E-state index contributed by atoms with van der Waals surface area (Å²) in [4.78, 5) is 36.6. The molecule has 1 N–H and O–H groups in total. The van der Waals surface area contributed by atoms with Crippen LogP contribution in [0.2, 0.25) is 0 Å². The molecule has 2 rings (SSSR count). The number of methoxy groups -OCH3 is 1. The van der Waals surface area contributed by atoms with Gasteiger partial charge < -0.3 is 14.8 Å². The highest BCUT2D eigenvalue weighted by Crippen LogP contribution is 2.17. The molecule has 0 atom stereocenters. The molecule has 0 fully saturated rings. The fraction of sp³-hybridized carbons (Fsp3) is 0.318. The number of hydrogen-bond donors (Lipinski definition) is 1. The second-order valence-corrected chi connectivity index (χ2v) is 6.17. The molecule has 0 saturated heterocycles. The van der Waals surface area contributed by atoms with Gasteiger partial charge in [-0.3, -0.25) is 14.4 Å². The normalized spacial score (nSPS) is 10.2. The van der Waals surface area contributed by atoms with Crippen LogP contribution < -0.4 is 10.1 Å². The molecule has 1 amide bonds. The number of ether oxygens (including phenoxy) is 2. The lowest BCUT2D eigenvalue weighted by molar-refractivity contribution is -0.141. The fourth-order valence-electron chi connectivity index (χ4n) is 2.77. The average molecular weight is 383 g/mol. The first kappa shape index (κ1) is 21.2. The molecule has 0 spiro atoms. The van der Waals surface area contributed by atoms with E-state index in [1.165, 1.54) is 7.11 Å². The summed E-state index contributed by atoms with van der Waals surface area (Å²) in [6.45, 7) is 3.29. The van der Waals surface area contributed by atoms with Crippen LogP contribution >= 0.6 is 0 Å². The monoisotopic (exact) mass is 383 g/mol. The minimum absolute atomic E-state index is 0.253. The molecule has 0 bridgehead atoms. The Bertz CT molecular complexity index is 860. The summed E-state index contributed by atoms with van der Waals surface area (Å²) in [5, 5.41) is 2.47. The number of nitrogens with one attached hydrogen (secondary N) is 1. The first-order valence-corrected chi connectivity index (χ1v) is 9.21. The van der Waals surface area contributed by atoms with Crippen LogP contribution in [0.1, 0.15) is 45.7 Å². The van der Waals surface area contributed by atoms with E-state index in [0.29, 0.717) is 23.3 Å². The summed E-state index contributed by atoms with van der Waals surface area (Å²) in [7, 11) is 1.46. The standard InChI is InChI=1S/C22H25NO5/c1-4-15-10-11-16(5-2)18(12-15)19(24)14-28-21(25)13-23-22(26)17-8-6-7-9-20(17)27-3/h6-12H,4-5,13-14H2,1-3H3,(H,23,26). The largest absolute Gasteiger partial charge is 0.496 e. The minimum atomic E-state index is -0.679. The zero-order chi connectivity index (χ0) is 20.5. The molecule has 0 heterocycles. The van der Waals surface area contributed by atoms with Crippen molar-refractivity contribution in [3.05, 3.63) is 64.7 Å². The van der Waals surface area contributed by atoms with Crippen molar-refractivity contribution >= 4 is 17.7 Å². The number of amides is 1. The first-order chi connectivity index (χ1) is 13.5. The number of carbonyl (C=O) groups excluding carboxylic acids is 3. The topological polar surface area (TPSA) is 81.7 Å². The Balaban J connectivity index is 1.90. The van der Waals surface area contributed by atoms with Crippen LogP contribution in [0.5, 0.6) is 5.75 Å². The Labute approximate surface area is 164 Å². The lowest BCUT2D eigenvalue weighted by atomic mass is 9.98. The van der Waals surface area contributed by atoms with Gasteiger partial charge in [0.15, 0.2) is 6.61 Å². The SMILES string of the molecule is CCc1ccc(CC)c(C(=O)COC(=O)CNC(=O)c2ccccc2OC)c1. The summed E-state index contributed by atoms with van der Waals surface area (Å²) in [6, 6.07) is 12.5. The van der Waals surface area contributed by atoms with Gasteiger partial charge in [0, 0.05) is 5.56 Å². The molecule has 0 radical (unpaired) electrons. The van der Waals surface area contributed by atoms with Crippen LogP contribution in [-0.2, 0) is 22.4 Å². The third kappa shape index (κ3) is 5.42. The van der Waals surface area contributed by atoms with Crippen molar-refractivity contribution in [1.29, 1.82) is 0 Å². The lowest BCUT2D eigenvalue weighted by Gasteiger charge is -2.11. The van der Waals surface area contributed by atoms with Gasteiger partial charge in [0.1, 0.15) is 12.3 Å². The van der Waals surface area contributed by atoms with E-state index in [-0.39, 0.29) is 18.9 Å². The summed E-state index contributed by atoms with van der Waals surface area (Å²) in [5.41, 5.74) is 2.87. The number of benzene rings is 2. The number of para-hydroxylation sites is 1. The van der Waals surface area contributed by atoms with Gasteiger partial charge in [0.2, 0.25) is 5.78 Å². The highest BCUT2D eigenvalue weighted by molar-refractivity contribution is 6.00. The number of aryl methyl sites for hydroxylation is 2. The summed E-state index contributed by atoms with van der Waals surface area (Å²) in [5.74, 6) is -0.978. The molecular weight excluding hydrogens is 358 g/mol. The van der Waals surface area contributed by atoms with E-state index in [1.807, 2.05) is 32.0 Å². The van der Waals surface area contributed by atoms with Gasteiger partial charge in [-0.15, -0.1) is 0 Å². The maximum absolute atomic E-state index is 12.5. The third-order valence-corrected chi connectivity index (χ3v) is 4.37. The fourth-order valence-corrected chi connectivity index (χ4v) is 2.77. The molecule has 0 aliphatic carbocycles. The van der Waals surface area contributed by atoms with Gasteiger partial charge >= 0.3 is 5.97 Å². The van der Waals surface area contributed by atoms with E-state index in [2.05, 4.69) is 5.32 Å². The van der Waals surface area contributed by atoms with Crippen LogP contribution in [0.25, 0.3) is 0 Å². The summed E-state index contributed by atoms with van der Waals surface area (Å²) < 4.78 is 10.2. The molecule has 2 aromatic rings. The van der Waals surface area contributed by atoms with E-state index in [4.69, 9.17) is 9.47 Å². The van der Waals surface area contributed by atoms with Crippen LogP contribution in [0.3, 0.4) is 0 Å². The Kier molecular flexibility index (Phi) is 7.75. The Morgan fingerprint density at radius 2 is 1.71 bits per heavy atom. The van der Waals surface area contributed by atoms with Crippen LogP contribution in [-0.4, -0.2) is 37.9 Å². The molecule has 6 nitrogen and oxygen atoms in total. The van der Waals surface area contributed by atoms with Gasteiger partial charge in [-0.1, -0.05) is 38.1 Å². The highest BCUT2D eigenvalue weighted by atomic mass is 16.5. The van der Waals surface area contributed by atoms with Gasteiger partial charge in [0.05, 0.1) is 12.7 Å². The van der Waals surface area contributed by atoms with Crippen molar-refractivity contribution in [2.24, 2.45) is 0 Å². The summed E-state index contributed by atoms with van der Waals surface area (Å²) in [6.07, 6.45) is 1.53. The quantitative estimate of drug-likeness (QED) is 0.532. The zero-order valence-electron chi connectivity index (χ0n) is 16.4. The molecule has 6 heteroatoms. The predicted molar refractivity (Wildman–Crippen MR) is 106 cm³/mol. The second-order valence-electron chi connectivity index (χ2n) is 6.17. The van der Waals surface area contributed by atoms with E-state index < -0.39 is 11.9 Å². The number of rotatable bonds is 9. The zero-order valence-corrected chi connectivity index (χ0v) is 16.4. The van der Waals surface area contributed by atoms with Crippen molar-refractivity contribution in [3.63, 3.8) is 0 Å². The number of esters is 1. The maximum Gasteiger partial charge on any atom is 0.325 e. The van der Waals surface area contributed by atoms with E-state index in [1.54, 1.807) is 24.3 Å². The first-order valence-electron chi connectivity index (χ1n) is 9.21. The Morgan fingerprint density at radius 3 is 2.39 bits per heavy atom. The van der Waals surface area contributed by atoms with Crippen molar-refractivity contribution in [3.8, 4) is 5.75 Å². The van der Waals surface area contributed by atoms with Crippen LogP contribution in [0.4, 0.5) is 0 Å². The lowest BCUT2D eigenvalue weighted by Crippen LogP contribution is -2.31. The molecule has 148 valence electrons. The molecule has 0 unspecified atom stereocenters. The Morgan fingerprint density at radius 1 is 0.964 bits per heavy atom. The van der Waals surface area contributed by atoms with E-state index in [9.17, 15) is 14.4 Å². The van der Waals surface area contributed by atoms with Crippen LogP contribution in [0, 0.1) is 0 Å². The third-order valence-electron chi connectivity index (χ3n) is 4.37. The van der Waals surface area contributed by atoms with Crippen molar-refractivity contribution < 1.29 is 23.9 Å². The number of hydrogen-bond acceptors (Lipinski definition) is 5. The number of ketones is 1. The molecule has 0 aliphatic heterocycles. The van der Waals surface area contributed by atoms with Gasteiger partial charge in [-0.05, 0) is 42.2 Å². The molecule has 0 aliphatic rings. The molecule has 28 heavy (non-hydrogen) atoms. The van der Waals surface area contributed by atoms with Gasteiger partial charge in [-0.25, -0.2) is 0 Å². The highest BCUT2D eigenvalue weighted by Gasteiger charge is 2.16. The molecule has 0 saturated carbocycles. The summed E-state index contributed by atoms with van der Waals surface area (Å²) >= 11 is 0. The molecule has 2 aromatic carbocycles. The van der Waals surface area contributed by atoms with Gasteiger partial charge in [-0.2, -0.15) is 0 Å². The van der Waals surface area contributed by atoms with Crippen molar-refractivity contribution in [1.82, 2.24) is 5.32 Å². The molecular formula is C22H25NO5. The number of Topliss-reactive ketones (excluding diaryl/α,β-unsaturated/α-hetero) is 1. The Hall–Kier alpha value is -3.15. The van der Waals surface area contributed by atoms with Crippen LogP contribution in [0.15, 0.2) is 42.5 Å². The number of carbonyl (C=O) groups is 3. The van der Waals surface area contributed by atoms with Gasteiger partial charge in [0.25, 0.3) is 5.91 Å². The van der Waals surface area contributed by atoms with Crippen molar-refractivity contribution in [2.75, 3.05) is 20.3 Å². The van der Waals surface area contributed by atoms with E-state index in [0.717, 1.165) is 17.5 Å².